The first-order valence-corrected chi connectivity index (χ1v) is 9.10. The Labute approximate surface area is 163 Å². The molecule has 3 rings (SSSR count). The zero-order valence-electron chi connectivity index (χ0n) is 15.6. The van der Waals surface area contributed by atoms with Gasteiger partial charge in [0.2, 0.25) is 0 Å². The molecule has 1 heterocycles. The molecule has 3 aromatic rings. The van der Waals surface area contributed by atoms with Gasteiger partial charge in [-0.1, -0.05) is 43.3 Å². The Morgan fingerprint density at radius 2 is 1.96 bits per heavy atom. The van der Waals surface area contributed by atoms with Crippen LogP contribution < -0.4 is 10.2 Å². The van der Waals surface area contributed by atoms with Crippen LogP contribution in [-0.2, 0) is 0 Å². The van der Waals surface area contributed by atoms with Crippen LogP contribution in [0.1, 0.15) is 29.4 Å². The third-order valence-electron chi connectivity index (χ3n) is 3.86. The first-order chi connectivity index (χ1) is 13.8. The molecular weight excluding hydrogens is 352 g/mol. The second-order valence-corrected chi connectivity index (χ2v) is 6.03. The van der Waals surface area contributed by atoms with E-state index in [1.54, 1.807) is 12.1 Å². The van der Waals surface area contributed by atoms with Gasteiger partial charge in [0.25, 0.3) is 5.91 Å². The minimum absolute atomic E-state index is 0.338. The van der Waals surface area contributed by atoms with Crippen molar-refractivity contribution in [2.45, 2.75) is 13.3 Å². The summed E-state index contributed by atoms with van der Waals surface area (Å²) in [6.45, 7) is 2.75. The molecule has 0 aliphatic heterocycles. The minimum Gasteiger partial charge on any atom is -0.494 e. The summed E-state index contributed by atoms with van der Waals surface area (Å²) in [7, 11) is 0. The Hall–Kier alpha value is -3.67. The monoisotopic (exact) mass is 374 g/mol. The number of carbonyl (C=O) groups excluding carboxylic acids is 1. The van der Waals surface area contributed by atoms with Gasteiger partial charge in [-0.25, -0.2) is 5.43 Å². The first kappa shape index (κ1) is 19.1. The Bertz CT molecular complexity index is 944. The summed E-state index contributed by atoms with van der Waals surface area (Å²) in [5.74, 6) is 0.461. The van der Waals surface area contributed by atoms with Crippen molar-refractivity contribution in [2.24, 2.45) is 5.10 Å². The number of hydrogen-bond donors (Lipinski definition) is 2. The van der Waals surface area contributed by atoms with Crippen LogP contribution in [0.4, 0.5) is 0 Å². The molecule has 0 bridgehead atoms. The van der Waals surface area contributed by atoms with Gasteiger partial charge in [0.1, 0.15) is 11.4 Å². The first-order valence-electron chi connectivity index (χ1n) is 9.10. The predicted octanol–water partition coefficient (Wildman–Crippen LogP) is 4.29. The van der Waals surface area contributed by atoms with Crippen LogP contribution in [0.15, 0.2) is 71.8 Å². The Morgan fingerprint density at radius 1 is 1.18 bits per heavy atom. The van der Waals surface area contributed by atoms with Crippen molar-refractivity contribution in [3.8, 4) is 17.0 Å². The van der Waals surface area contributed by atoms with E-state index in [1.807, 2.05) is 60.7 Å². The highest BCUT2D eigenvalue weighted by Crippen LogP contribution is 2.21. The molecule has 28 heavy (non-hydrogen) atoms. The number of ether oxygens (including phenoxy) is 1. The Morgan fingerprint density at radius 3 is 2.71 bits per heavy atom. The largest absolute Gasteiger partial charge is 0.494 e. The van der Waals surface area contributed by atoms with Crippen molar-refractivity contribution in [3.05, 3.63) is 78.0 Å². The van der Waals surface area contributed by atoms with Crippen molar-refractivity contribution in [1.82, 2.24) is 15.6 Å². The summed E-state index contributed by atoms with van der Waals surface area (Å²) in [5.41, 5.74) is 5.45. The predicted molar refractivity (Wildman–Crippen MR) is 111 cm³/mol. The SMILES string of the molecule is CCCOc1ccc(-c2cc(C(=O)N/N=C/C=C/c3ccccc3)[nH]n2)cc1. The summed E-state index contributed by atoms with van der Waals surface area (Å²) in [4.78, 5) is 12.2. The second-order valence-electron chi connectivity index (χ2n) is 6.03. The quantitative estimate of drug-likeness (QED) is 0.456. The van der Waals surface area contributed by atoms with E-state index < -0.39 is 0 Å². The lowest BCUT2D eigenvalue weighted by atomic mass is 10.1. The summed E-state index contributed by atoms with van der Waals surface area (Å²) in [5, 5.41) is 10.8. The number of H-pyrrole nitrogens is 1. The number of nitrogens with zero attached hydrogens (tertiary/aromatic N) is 2. The van der Waals surface area contributed by atoms with Crippen LogP contribution in [0.3, 0.4) is 0 Å². The lowest BCUT2D eigenvalue weighted by Gasteiger charge is -2.04. The van der Waals surface area contributed by atoms with Crippen LogP contribution in [0.5, 0.6) is 5.75 Å². The lowest BCUT2D eigenvalue weighted by molar-refractivity contribution is 0.0950. The highest BCUT2D eigenvalue weighted by molar-refractivity contribution is 5.94. The van der Waals surface area contributed by atoms with Crippen molar-refractivity contribution in [3.63, 3.8) is 0 Å². The third kappa shape index (κ3) is 5.41. The number of rotatable bonds is 8. The van der Waals surface area contributed by atoms with Gasteiger partial charge in [-0.05, 0) is 48.4 Å². The number of carbonyl (C=O) groups is 1. The van der Waals surface area contributed by atoms with E-state index in [9.17, 15) is 4.79 Å². The topological polar surface area (TPSA) is 79.4 Å². The fraction of sp³-hybridized carbons (Fsp3) is 0.136. The van der Waals surface area contributed by atoms with Gasteiger partial charge in [0.05, 0.1) is 12.3 Å². The molecule has 0 saturated heterocycles. The molecule has 1 aromatic heterocycles. The second kappa shape index (κ2) is 9.87. The minimum atomic E-state index is -0.356. The van der Waals surface area contributed by atoms with Gasteiger partial charge in [-0.3, -0.25) is 9.89 Å². The molecular formula is C22H22N4O2. The number of benzene rings is 2. The van der Waals surface area contributed by atoms with E-state index in [0.29, 0.717) is 18.0 Å². The molecule has 2 N–H and O–H groups in total. The van der Waals surface area contributed by atoms with Gasteiger partial charge in [0, 0.05) is 11.8 Å². The highest BCUT2D eigenvalue weighted by atomic mass is 16.5. The van der Waals surface area contributed by atoms with E-state index in [4.69, 9.17) is 4.74 Å². The van der Waals surface area contributed by atoms with E-state index in [2.05, 4.69) is 27.6 Å². The standard InChI is InChI=1S/C22H22N4O2/c1-2-15-28-19-12-10-18(11-13-19)20-16-21(25-24-20)22(27)26-23-14-6-9-17-7-4-3-5-8-17/h3-14,16H,2,15H2,1H3,(H,24,25)(H,26,27)/b9-6+,23-14+. The maximum atomic E-state index is 12.2. The van der Waals surface area contributed by atoms with Gasteiger partial charge in [-0.2, -0.15) is 10.2 Å². The lowest BCUT2D eigenvalue weighted by Crippen LogP contribution is -2.17. The molecule has 0 fully saturated rings. The van der Waals surface area contributed by atoms with Gasteiger partial charge in [-0.15, -0.1) is 0 Å². The number of hydrogen-bond acceptors (Lipinski definition) is 4. The van der Waals surface area contributed by atoms with Gasteiger partial charge < -0.3 is 4.74 Å². The zero-order chi connectivity index (χ0) is 19.6. The summed E-state index contributed by atoms with van der Waals surface area (Å²) in [6, 6.07) is 19.1. The van der Waals surface area contributed by atoms with Crippen molar-refractivity contribution < 1.29 is 9.53 Å². The van der Waals surface area contributed by atoms with Gasteiger partial charge in [0.15, 0.2) is 0 Å². The number of aromatic nitrogens is 2. The van der Waals surface area contributed by atoms with E-state index in [1.165, 1.54) is 6.21 Å². The molecule has 6 nitrogen and oxygen atoms in total. The third-order valence-corrected chi connectivity index (χ3v) is 3.86. The number of aromatic amines is 1. The Balaban J connectivity index is 1.55. The maximum Gasteiger partial charge on any atom is 0.289 e. The fourth-order valence-corrected chi connectivity index (χ4v) is 2.45. The number of allylic oxidation sites excluding steroid dienone is 1. The molecule has 0 saturated carbocycles. The number of hydrazone groups is 1. The molecule has 6 heteroatoms. The summed E-state index contributed by atoms with van der Waals surface area (Å²) >= 11 is 0. The van der Waals surface area contributed by atoms with Crippen LogP contribution in [0, 0.1) is 0 Å². The maximum absolute atomic E-state index is 12.2. The van der Waals surface area contributed by atoms with Crippen molar-refractivity contribution in [1.29, 1.82) is 0 Å². The molecule has 0 aliphatic carbocycles. The van der Waals surface area contributed by atoms with Crippen LogP contribution >= 0.6 is 0 Å². The fourth-order valence-electron chi connectivity index (χ4n) is 2.45. The van der Waals surface area contributed by atoms with E-state index >= 15 is 0 Å². The van der Waals surface area contributed by atoms with E-state index in [0.717, 1.165) is 23.3 Å². The molecule has 0 aliphatic rings. The molecule has 1 amide bonds. The Kier molecular flexibility index (Phi) is 6.73. The molecule has 2 aromatic carbocycles. The molecule has 142 valence electrons. The van der Waals surface area contributed by atoms with Gasteiger partial charge >= 0.3 is 0 Å². The average Bonchev–Trinajstić information content (AvgIpc) is 3.23. The summed E-state index contributed by atoms with van der Waals surface area (Å²) < 4.78 is 5.57. The van der Waals surface area contributed by atoms with E-state index in [-0.39, 0.29) is 5.91 Å². The van der Waals surface area contributed by atoms with Crippen LogP contribution in [0.25, 0.3) is 17.3 Å². The number of nitrogens with one attached hydrogen (secondary N) is 2. The molecule has 0 radical (unpaired) electrons. The average molecular weight is 374 g/mol. The zero-order valence-corrected chi connectivity index (χ0v) is 15.6. The molecule has 0 atom stereocenters. The van der Waals surface area contributed by atoms with Crippen LogP contribution in [-0.4, -0.2) is 28.9 Å². The van der Waals surface area contributed by atoms with Crippen molar-refractivity contribution in [2.75, 3.05) is 6.61 Å². The smallest absolute Gasteiger partial charge is 0.289 e. The van der Waals surface area contributed by atoms with Crippen LogP contribution in [0.2, 0.25) is 0 Å². The summed E-state index contributed by atoms with van der Waals surface area (Å²) in [6.07, 6.45) is 6.15. The molecule has 0 spiro atoms. The highest BCUT2D eigenvalue weighted by Gasteiger charge is 2.10. The number of amides is 1. The molecule has 0 unspecified atom stereocenters. The normalized spacial score (nSPS) is 11.2. The van der Waals surface area contributed by atoms with Crippen molar-refractivity contribution >= 4 is 18.2 Å².